The van der Waals surface area contributed by atoms with Crippen molar-refractivity contribution < 1.29 is 4.79 Å². The number of carbonyl (C=O) groups is 1. The Morgan fingerprint density at radius 3 is 2.81 bits per heavy atom. The number of nitrogens with one attached hydrogen (secondary N) is 1. The van der Waals surface area contributed by atoms with E-state index >= 15 is 0 Å². The van der Waals surface area contributed by atoms with Gasteiger partial charge < -0.3 is 9.88 Å². The first kappa shape index (κ1) is 17.2. The molecule has 3 rings (SSSR count). The number of imidazole rings is 1. The first-order valence-electron chi connectivity index (χ1n) is 7.79. The van der Waals surface area contributed by atoms with Crippen LogP contribution < -0.4 is 16.6 Å². The summed E-state index contributed by atoms with van der Waals surface area (Å²) in [4.78, 5) is 41.2. The van der Waals surface area contributed by atoms with Gasteiger partial charge in [-0.2, -0.15) is 5.26 Å². The standard InChI is InChI=1S/C17H16N6O3/c1-21-10-20-15-14(21)16(25)23(17(26)22(15)2)9-13(24)19-8-12-5-3-4-11(6-12)7-18/h3-6,10H,8-9H2,1-2H3,(H,19,24). The highest BCUT2D eigenvalue weighted by Crippen LogP contribution is 2.04. The summed E-state index contributed by atoms with van der Waals surface area (Å²) in [5.41, 5.74) is 0.588. The number of rotatable bonds is 4. The molecule has 0 unspecified atom stereocenters. The van der Waals surface area contributed by atoms with Gasteiger partial charge in [0, 0.05) is 20.6 Å². The number of nitrogens with zero attached hydrogens (tertiary/aromatic N) is 5. The molecule has 26 heavy (non-hydrogen) atoms. The smallest absolute Gasteiger partial charge is 0.332 e. The van der Waals surface area contributed by atoms with E-state index in [0.29, 0.717) is 5.56 Å². The topological polar surface area (TPSA) is 115 Å². The predicted molar refractivity (Wildman–Crippen MR) is 93.2 cm³/mol. The van der Waals surface area contributed by atoms with Crippen molar-refractivity contribution in [2.24, 2.45) is 14.1 Å². The van der Waals surface area contributed by atoms with Crippen LogP contribution in [-0.2, 0) is 32.0 Å². The molecule has 1 aromatic carbocycles. The highest BCUT2D eigenvalue weighted by molar-refractivity contribution is 5.76. The highest BCUT2D eigenvalue weighted by Gasteiger charge is 2.16. The molecular formula is C17H16N6O3. The second-order valence-corrected chi connectivity index (χ2v) is 5.85. The van der Waals surface area contributed by atoms with Crippen molar-refractivity contribution in [1.82, 2.24) is 24.0 Å². The van der Waals surface area contributed by atoms with Gasteiger partial charge in [0.25, 0.3) is 5.56 Å². The minimum atomic E-state index is -0.608. The van der Waals surface area contributed by atoms with Crippen LogP contribution in [0.1, 0.15) is 11.1 Å². The molecule has 1 N–H and O–H groups in total. The van der Waals surface area contributed by atoms with Gasteiger partial charge in [-0.25, -0.2) is 14.3 Å². The summed E-state index contributed by atoms with van der Waals surface area (Å²) in [6, 6.07) is 8.84. The summed E-state index contributed by atoms with van der Waals surface area (Å²) in [5, 5.41) is 11.5. The molecule has 0 spiro atoms. The normalized spacial score (nSPS) is 10.7. The van der Waals surface area contributed by atoms with E-state index in [1.54, 1.807) is 31.3 Å². The number of carbonyl (C=O) groups excluding carboxylic acids is 1. The van der Waals surface area contributed by atoms with Gasteiger partial charge >= 0.3 is 5.69 Å². The minimum Gasteiger partial charge on any atom is -0.350 e. The van der Waals surface area contributed by atoms with Crippen LogP contribution in [0.3, 0.4) is 0 Å². The number of aryl methyl sites for hydroxylation is 2. The summed E-state index contributed by atoms with van der Waals surface area (Å²) in [6.07, 6.45) is 1.44. The zero-order valence-electron chi connectivity index (χ0n) is 14.3. The van der Waals surface area contributed by atoms with Crippen LogP contribution >= 0.6 is 0 Å². The fourth-order valence-electron chi connectivity index (χ4n) is 2.69. The Balaban J connectivity index is 1.83. The Labute approximate surface area is 147 Å². The molecule has 0 aliphatic rings. The molecule has 132 valence electrons. The number of nitriles is 1. The number of hydrogen-bond acceptors (Lipinski definition) is 5. The van der Waals surface area contributed by atoms with Gasteiger partial charge in [0.05, 0.1) is 18.0 Å². The summed E-state index contributed by atoms with van der Waals surface area (Å²) in [6.45, 7) is -0.206. The first-order chi connectivity index (χ1) is 12.4. The minimum absolute atomic E-state index is 0.192. The van der Waals surface area contributed by atoms with E-state index in [-0.39, 0.29) is 17.7 Å². The van der Waals surface area contributed by atoms with Crippen LogP contribution in [0.25, 0.3) is 11.2 Å². The molecule has 3 aromatic rings. The van der Waals surface area contributed by atoms with Crippen LogP contribution in [-0.4, -0.2) is 24.6 Å². The third kappa shape index (κ3) is 3.00. The van der Waals surface area contributed by atoms with E-state index in [9.17, 15) is 14.4 Å². The Morgan fingerprint density at radius 2 is 2.08 bits per heavy atom. The third-order valence-corrected chi connectivity index (χ3v) is 4.05. The maximum atomic E-state index is 12.5. The number of aromatic nitrogens is 4. The monoisotopic (exact) mass is 352 g/mol. The van der Waals surface area contributed by atoms with Crippen molar-refractivity contribution in [2.45, 2.75) is 13.1 Å². The van der Waals surface area contributed by atoms with Crippen LogP contribution in [0.2, 0.25) is 0 Å². The van der Waals surface area contributed by atoms with Gasteiger partial charge in [0.15, 0.2) is 11.2 Å². The summed E-state index contributed by atoms with van der Waals surface area (Å²) in [5.74, 6) is -0.479. The molecule has 0 fully saturated rings. The largest absolute Gasteiger partial charge is 0.350 e. The first-order valence-corrected chi connectivity index (χ1v) is 7.79. The van der Waals surface area contributed by atoms with Gasteiger partial charge in [0.1, 0.15) is 6.54 Å². The average molecular weight is 352 g/mol. The van der Waals surface area contributed by atoms with Gasteiger partial charge in [-0.1, -0.05) is 12.1 Å². The van der Waals surface area contributed by atoms with Gasteiger partial charge in [-0.15, -0.1) is 0 Å². The maximum absolute atomic E-state index is 12.5. The molecule has 0 aliphatic carbocycles. The van der Waals surface area contributed by atoms with Crippen molar-refractivity contribution in [2.75, 3.05) is 0 Å². The summed E-state index contributed by atoms with van der Waals surface area (Å²) in [7, 11) is 3.15. The lowest BCUT2D eigenvalue weighted by molar-refractivity contribution is -0.121. The Kier molecular flexibility index (Phi) is 4.41. The van der Waals surface area contributed by atoms with E-state index in [1.165, 1.54) is 22.5 Å². The third-order valence-electron chi connectivity index (χ3n) is 4.05. The Morgan fingerprint density at radius 1 is 1.31 bits per heavy atom. The molecule has 1 amide bonds. The van der Waals surface area contributed by atoms with Crippen LogP contribution in [0.5, 0.6) is 0 Å². The fourth-order valence-corrected chi connectivity index (χ4v) is 2.69. The van der Waals surface area contributed by atoms with E-state index in [1.807, 2.05) is 6.07 Å². The van der Waals surface area contributed by atoms with E-state index in [2.05, 4.69) is 10.3 Å². The predicted octanol–water partition coefficient (Wildman–Crippen LogP) is -0.378. The van der Waals surface area contributed by atoms with Gasteiger partial charge in [-0.3, -0.25) is 14.2 Å². The number of benzene rings is 1. The van der Waals surface area contributed by atoms with Crippen molar-refractivity contribution in [3.63, 3.8) is 0 Å². The SMILES string of the molecule is Cn1cnc2c1c(=O)n(CC(=O)NCc1cccc(C#N)c1)c(=O)n2C. The number of amides is 1. The van der Waals surface area contributed by atoms with Crippen molar-refractivity contribution >= 4 is 17.1 Å². The molecule has 0 atom stereocenters. The fraction of sp³-hybridized carbons (Fsp3) is 0.235. The Hall–Kier alpha value is -3.67. The lowest BCUT2D eigenvalue weighted by atomic mass is 10.1. The van der Waals surface area contributed by atoms with Gasteiger partial charge in [0.2, 0.25) is 5.91 Å². The van der Waals surface area contributed by atoms with Crippen LogP contribution in [0, 0.1) is 11.3 Å². The molecule has 2 heterocycles. The maximum Gasteiger partial charge on any atom is 0.332 e. The second-order valence-electron chi connectivity index (χ2n) is 5.85. The molecule has 9 nitrogen and oxygen atoms in total. The number of fused-ring (bicyclic) bond motifs is 1. The Bertz CT molecular complexity index is 1160. The van der Waals surface area contributed by atoms with Gasteiger partial charge in [-0.05, 0) is 17.7 Å². The quantitative estimate of drug-likeness (QED) is 0.687. The molecule has 0 radical (unpaired) electrons. The summed E-state index contributed by atoms with van der Waals surface area (Å²) < 4.78 is 3.63. The van der Waals surface area contributed by atoms with Crippen LogP contribution in [0.4, 0.5) is 0 Å². The van der Waals surface area contributed by atoms with Crippen molar-refractivity contribution in [3.8, 4) is 6.07 Å². The zero-order chi connectivity index (χ0) is 18.8. The second kappa shape index (κ2) is 6.68. The zero-order valence-corrected chi connectivity index (χ0v) is 14.3. The molecule has 2 aromatic heterocycles. The van der Waals surface area contributed by atoms with E-state index < -0.39 is 23.7 Å². The van der Waals surface area contributed by atoms with E-state index in [4.69, 9.17) is 5.26 Å². The lowest BCUT2D eigenvalue weighted by Gasteiger charge is -2.09. The lowest BCUT2D eigenvalue weighted by Crippen LogP contribution is -2.43. The molecule has 0 bridgehead atoms. The number of hydrogen-bond donors (Lipinski definition) is 1. The summed E-state index contributed by atoms with van der Waals surface area (Å²) >= 11 is 0. The highest BCUT2D eigenvalue weighted by atomic mass is 16.2. The average Bonchev–Trinajstić information content (AvgIpc) is 3.03. The molecule has 9 heteroatoms. The van der Waals surface area contributed by atoms with E-state index in [0.717, 1.165) is 10.1 Å². The van der Waals surface area contributed by atoms with Crippen molar-refractivity contribution in [3.05, 3.63) is 62.6 Å². The molecule has 0 saturated heterocycles. The molecule has 0 aliphatic heterocycles. The molecule has 0 saturated carbocycles. The van der Waals surface area contributed by atoms with Crippen LogP contribution in [0.15, 0.2) is 40.2 Å². The van der Waals surface area contributed by atoms with Crippen molar-refractivity contribution in [1.29, 1.82) is 5.26 Å². The molecular weight excluding hydrogens is 336 g/mol.